The van der Waals surface area contributed by atoms with Crippen molar-refractivity contribution in [1.29, 1.82) is 0 Å². The van der Waals surface area contributed by atoms with Crippen molar-refractivity contribution in [2.24, 2.45) is 0 Å². The number of Topliss-reactive ketones (excluding diaryl/α,β-unsaturated/α-hetero) is 1. The van der Waals surface area contributed by atoms with E-state index in [9.17, 15) is 4.79 Å². The maximum Gasteiger partial charge on any atom is 0.163 e. The summed E-state index contributed by atoms with van der Waals surface area (Å²) in [6.07, 6.45) is 3.23. The molecule has 1 heteroatoms. The fraction of sp³-hybridized carbons (Fsp3) is 0.167. The molecule has 0 aliphatic carbocycles. The fourth-order valence-corrected chi connectivity index (χ4v) is 2.23. The van der Waals surface area contributed by atoms with E-state index in [0.717, 1.165) is 12.0 Å². The monoisotopic (exact) mass is 250 g/mol. The number of benzene rings is 2. The molecule has 0 N–H and O–H groups in total. The Morgan fingerprint density at radius 2 is 1.58 bits per heavy atom. The van der Waals surface area contributed by atoms with Crippen molar-refractivity contribution in [1.82, 2.24) is 0 Å². The second-order valence-electron chi connectivity index (χ2n) is 4.63. The van der Waals surface area contributed by atoms with Crippen molar-refractivity contribution in [3.05, 3.63) is 84.4 Å². The number of hydrogen-bond acceptors (Lipinski definition) is 1. The normalized spacial score (nSPS) is 11.8. The van der Waals surface area contributed by atoms with Gasteiger partial charge in [0.25, 0.3) is 0 Å². The summed E-state index contributed by atoms with van der Waals surface area (Å²) in [5.41, 5.74) is 1.99. The summed E-state index contributed by atoms with van der Waals surface area (Å²) in [6, 6.07) is 19.6. The average molecular weight is 250 g/mol. The van der Waals surface area contributed by atoms with Crippen molar-refractivity contribution in [2.75, 3.05) is 0 Å². The third-order valence-corrected chi connectivity index (χ3v) is 3.25. The molecule has 0 aliphatic heterocycles. The largest absolute Gasteiger partial charge is 0.294 e. The van der Waals surface area contributed by atoms with Crippen LogP contribution in [0.25, 0.3) is 0 Å². The first-order valence-corrected chi connectivity index (χ1v) is 6.55. The Bertz CT molecular complexity index is 528. The first kappa shape index (κ1) is 13.3. The molecule has 0 spiro atoms. The molecule has 0 unspecified atom stereocenters. The van der Waals surface area contributed by atoms with E-state index in [1.54, 1.807) is 0 Å². The van der Waals surface area contributed by atoms with Crippen LogP contribution in [0.1, 0.15) is 34.7 Å². The molecule has 0 saturated heterocycles. The zero-order valence-corrected chi connectivity index (χ0v) is 11.0. The highest BCUT2D eigenvalue weighted by Gasteiger charge is 2.15. The molecule has 0 aliphatic rings. The van der Waals surface area contributed by atoms with Gasteiger partial charge in [-0.3, -0.25) is 4.79 Å². The van der Waals surface area contributed by atoms with Gasteiger partial charge in [0.05, 0.1) is 0 Å². The molecule has 1 atom stereocenters. The number of allylic oxidation sites excluding steroid dienone is 1. The van der Waals surface area contributed by atoms with Crippen LogP contribution in [0.3, 0.4) is 0 Å². The Labute approximate surface area is 114 Å². The number of carbonyl (C=O) groups excluding carboxylic acids is 1. The average Bonchev–Trinajstić information content (AvgIpc) is 2.48. The van der Waals surface area contributed by atoms with E-state index < -0.39 is 0 Å². The SMILES string of the molecule is C=CC[C@@H](CC(=O)c1ccccc1)c1ccccc1. The molecule has 2 rings (SSSR count). The van der Waals surface area contributed by atoms with Crippen LogP contribution in [0.4, 0.5) is 0 Å². The summed E-state index contributed by atoms with van der Waals surface area (Å²) in [7, 11) is 0. The smallest absolute Gasteiger partial charge is 0.163 e. The molecule has 19 heavy (non-hydrogen) atoms. The van der Waals surface area contributed by atoms with E-state index in [-0.39, 0.29) is 11.7 Å². The van der Waals surface area contributed by atoms with Gasteiger partial charge in [-0.15, -0.1) is 6.58 Å². The van der Waals surface area contributed by atoms with Crippen LogP contribution in [-0.4, -0.2) is 5.78 Å². The van der Waals surface area contributed by atoms with Crippen molar-refractivity contribution >= 4 is 5.78 Å². The third kappa shape index (κ3) is 3.65. The van der Waals surface area contributed by atoms with Gasteiger partial charge in [-0.25, -0.2) is 0 Å². The van der Waals surface area contributed by atoms with Crippen LogP contribution >= 0.6 is 0 Å². The van der Waals surface area contributed by atoms with E-state index in [1.165, 1.54) is 5.56 Å². The molecule has 0 amide bonds. The van der Waals surface area contributed by atoms with Crippen LogP contribution in [0.5, 0.6) is 0 Å². The molecule has 0 saturated carbocycles. The molecule has 96 valence electrons. The Morgan fingerprint density at radius 3 is 2.16 bits per heavy atom. The highest BCUT2D eigenvalue weighted by Crippen LogP contribution is 2.25. The summed E-state index contributed by atoms with van der Waals surface area (Å²) in [6.45, 7) is 3.79. The second kappa shape index (κ2) is 6.69. The van der Waals surface area contributed by atoms with Gasteiger partial charge in [-0.1, -0.05) is 66.7 Å². The molecule has 0 heterocycles. The predicted octanol–water partition coefficient (Wildman–Crippen LogP) is 4.62. The molecule has 2 aromatic carbocycles. The molecular weight excluding hydrogens is 232 g/mol. The van der Waals surface area contributed by atoms with Gasteiger partial charge in [0, 0.05) is 12.0 Å². The molecule has 0 bridgehead atoms. The van der Waals surface area contributed by atoms with Crippen LogP contribution in [-0.2, 0) is 0 Å². The second-order valence-corrected chi connectivity index (χ2v) is 4.63. The Balaban J connectivity index is 2.14. The van der Waals surface area contributed by atoms with Gasteiger partial charge < -0.3 is 0 Å². The van der Waals surface area contributed by atoms with Gasteiger partial charge in [0.1, 0.15) is 0 Å². The van der Waals surface area contributed by atoms with Gasteiger partial charge in [-0.05, 0) is 17.9 Å². The minimum atomic E-state index is 0.191. The minimum absolute atomic E-state index is 0.191. The number of ketones is 1. The molecular formula is C18H18O. The van der Waals surface area contributed by atoms with E-state index in [1.807, 2.05) is 54.6 Å². The van der Waals surface area contributed by atoms with Crippen LogP contribution in [0.15, 0.2) is 73.3 Å². The van der Waals surface area contributed by atoms with Crippen LogP contribution < -0.4 is 0 Å². The first-order chi connectivity index (χ1) is 9.31. The van der Waals surface area contributed by atoms with Gasteiger partial charge >= 0.3 is 0 Å². The number of carbonyl (C=O) groups is 1. The summed E-state index contributed by atoms with van der Waals surface area (Å²) in [4.78, 5) is 12.3. The fourth-order valence-electron chi connectivity index (χ4n) is 2.23. The van der Waals surface area contributed by atoms with E-state index in [2.05, 4.69) is 18.7 Å². The van der Waals surface area contributed by atoms with E-state index in [0.29, 0.717) is 6.42 Å². The summed E-state index contributed by atoms with van der Waals surface area (Å²) < 4.78 is 0. The van der Waals surface area contributed by atoms with Crippen molar-refractivity contribution in [2.45, 2.75) is 18.8 Å². The maximum absolute atomic E-state index is 12.3. The quantitative estimate of drug-likeness (QED) is 0.540. The summed E-state index contributed by atoms with van der Waals surface area (Å²) in [5.74, 6) is 0.405. The zero-order valence-electron chi connectivity index (χ0n) is 11.0. The van der Waals surface area contributed by atoms with Gasteiger partial charge in [0.15, 0.2) is 5.78 Å². The molecule has 1 nitrogen and oxygen atoms in total. The lowest BCUT2D eigenvalue weighted by molar-refractivity contribution is 0.0974. The number of rotatable bonds is 6. The lowest BCUT2D eigenvalue weighted by atomic mass is 9.89. The predicted molar refractivity (Wildman–Crippen MR) is 79.4 cm³/mol. The molecule has 0 aromatic heterocycles. The summed E-state index contributed by atoms with van der Waals surface area (Å²) in [5, 5.41) is 0. The van der Waals surface area contributed by atoms with Crippen LogP contribution in [0, 0.1) is 0 Å². The van der Waals surface area contributed by atoms with E-state index >= 15 is 0 Å². The summed E-state index contributed by atoms with van der Waals surface area (Å²) >= 11 is 0. The van der Waals surface area contributed by atoms with Crippen LogP contribution in [0.2, 0.25) is 0 Å². The zero-order chi connectivity index (χ0) is 13.5. The van der Waals surface area contributed by atoms with Crippen molar-refractivity contribution < 1.29 is 4.79 Å². The Kier molecular flexibility index (Phi) is 4.68. The maximum atomic E-state index is 12.3. The third-order valence-electron chi connectivity index (χ3n) is 3.25. The molecule has 0 radical (unpaired) electrons. The molecule has 0 fully saturated rings. The lowest BCUT2D eigenvalue weighted by Crippen LogP contribution is -2.07. The number of hydrogen-bond donors (Lipinski definition) is 0. The lowest BCUT2D eigenvalue weighted by Gasteiger charge is -2.14. The minimum Gasteiger partial charge on any atom is -0.294 e. The van der Waals surface area contributed by atoms with E-state index in [4.69, 9.17) is 0 Å². The standard InChI is InChI=1S/C18H18O/c1-2-9-17(15-10-5-3-6-11-15)14-18(19)16-12-7-4-8-13-16/h2-8,10-13,17H,1,9,14H2/t17-/m0/s1. The Morgan fingerprint density at radius 1 is 1.00 bits per heavy atom. The van der Waals surface area contributed by atoms with Crippen molar-refractivity contribution in [3.8, 4) is 0 Å². The highest BCUT2D eigenvalue weighted by molar-refractivity contribution is 5.96. The van der Waals surface area contributed by atoms with Crippen molar-refractivity contribution in [3.63, 3.8) is 0 Å². The first-order valence-electron chi connectivity index (χ1n) is 6.55. The van der Waals surface area contributed by atoms with Gasteiger partial charge in [0.2, 0.25) is 0 Å². The highest BCUT2D eigenvalue weighted by atomic mass is 16.1. The topological polar surface area (TPSA) is 17.1 Å². The van der Waals surface area contributed by atoms with Gasteiger partial charge in [-0.2, -0.15) is 0 Å². The Hall–Kier alpha value is -2.15. The molecule has 2 aromatic rings.